The molecule has 6 heteroatoms. The molecule has 0 aliphatic heterocycles. The lowest BCUT2D eigenvalue weighted by Gasteiger charge is -2.20. The first kappa shape index (κ1) is 19.1. The highest BCUT2D eigenvalue weighted by molar-refractivity contribution is 5.93. The molecule has 0 unspecified atom stereocenters. The first-order chi connectivity index (χ1) is 13.1. The highest BCUT2D eigenvalue weighted by Gasteiger charge is 2.21. The van der Waals surface area contributed by atoms with Crippen LogP contribution in [0.1, 0.15) is 61.5 Å². The van der Waals surface area contributed by atoms with Crippen molar-refractivity contribution >= 4 is 11.7 Å². The van der Waals surface area contributed by atoms with Crippen molar-refractivity contribution in [2.75, 3.05) is 11.9 Å². The van der Waals surface area contributed by atoms with E-state index in [4.69, 9.17) is 4.74 Å². The van der Waals surface area contributed by atoms with Crippen LogP contribution in [0.3, 0.4) is 0 Å². The monoisotopic (exact) mass is 369 g/mol. The number of carbonyl (C=O) groups excluding carboxylic acids is 1. The molecule has 0 amide bonds. The molecular formula is C21H27N3O3. The number of rotatable bonds is 5. The Balaban J connectivity index is 2.02. The molecule has 0 spiro atoms. The summed E-state index contributed by atoms with van der Waals surface area (Å²) < 4.78 is 6.46. The van der Waals surface area contributed by atoms with E-state index in [1.165, 1.54) is 23.6 Å². The normalized spacial score (nSPS) is 15.2. The van der Waals surface area contributed by atoms with Crippen molar-refractivity contribution in [2.24, 2.45) is 0 Å². The van der Waals surface area contributed by atoms with Crippen molar-refractivity contribution in [1.82, 2.24) is 9.78 Å². The Bertz CT molecular complexity index is 852. The van der Waals surface area contributed by atoms with Crippen LogP contribution in [0.25, 0.3) is 5.69 Å². The summed E-state index contributed by atoms with van der Waals surface area (Å²) in [6.45, 7) is 3.92. The Kier molecular flexibility index (Phi) is 6.27. The Hall–Kier alpha value is -2.63. The van der Waals surface area contributed by atoms with Crippen LogP contribution in [-0.4, -0.2) is 28.4 Å². The number of hydrogen-bond donors (Lipinski definition) is 1. The van der Waals surface area contributed by atoms with Crippen LogP contribution in [-0.2, 0) is 4.74 Å². The van der Waals surface area contributed by atoms with Crippen molar-refractivity contribution in [2.45, 2.75) is 58.4 Å². The predicted molar refractivity (Wildman–Crippen MR) is 106 cm³/mol. The Morgan fingerprint density at radius 3 is 2.59 bits per heavy atom. The minimum atomic E-state index is -0.518. The number of benzene rings is 1. The van der Waals surface area contributed by atoms with Gasteiger partial charge in [0.1, 0.15) is 0 Å². The van der Waals surface area contributed by atoms with Gasteiger partial charge in [0.15, 0.2) is 5.69 Å². The molecule has 0 atom stereocenters. The lowest BCUT2D eigenvalue weighted by molar-refractivity contribution is 0.0518. The average Bonchev–Trinajstić information content (AvgIpc) is 2.91. The third-order valence-electron chi connectivity index (χ3n) is 4.96. The van der Waals surface area contributed by atoms with E-state index < -0.39 is 5.97 Å². The molecule has 144 valence electrons. The smallest absolute Gasteiger partial charge is 0.360 e. The van der Waals surface area contributed by atoms with Crippen LogP contribution in [0.15, 0.2) is 35.1 Å². The molecule has 3 rings (SSSR count). The van der Waals surface area contributed by atoms with Gasteiger partial charge in [-0.3, -0.25) is 4.79 Å². The predicted octanol–water partition coefficient (Wildman–Crippen LogP) is 3.85. The van der Waals surface area contributed by atoms with Gasteiger partial charge in [0, 0.05) is 12.1 Å². The number of ether oxygens (including phenoxy) is 1. The fourth-order valence-electron chi connectivity index (χ4n) is 3.53. The van der Waals surface area contributed by atoms with E-state index in [1.807, 2.05) is 31.2 Å². The average molecular weight is 369 g/mol. The molecule has 1 aromatic heterocycles. The van der Waals surface area contributed by atoms with Crippen LogP contribution in [0.2, 0.25) is 0 Å². The van der Waals surface area contributed by atoms with E-state index in [9.17, 15) is 9.59 Å². The maximum atomic E-state index is 12.7. The summed E-state index contributed by atoms with van der Waals surface area (Å²) in [7, 11) is 0. The minimum Gasteiger partial charge on any atom is -0.461 e. The zero-order valence-corrected chi connectivity index (χ0v) is 16.0. The van der Waals surface area contributed by atoms with Crippen LogP contribution >= 0.6 is 0 Å². The molecule has 1 fully saturated rings. The Morgan fingerprint density at radius 1 is 1.22 bits per heavy atom. The number of esters is 1. The topological polar surface area (TPSA) is 73.2 Å². The van der Waals surface area contributed by atoms with Crippen molar-refractivity contribution in [3.63, 3.8) is 0 Å². The van der Waals surface area contributed by atoms with Crippen LogP contribution in [0.4, 0.5) is 5.69 Å². The van der Waals surface area contributed by atoms with E-state index in [-0.39, 0.29) is 23.9 Å². The van der Waals surface area contributed by atoms with E-state index in [2.05, 4.69) is 10.4 Å². The van der Waals surface area contributed by atoms with Gasteiger partial charge in [-0.1, -0.05) is 43.9 Å². The van der Waals surface area contributed by atoms with Gasteiger partial charge in [0.05, 0.1) is 18.0 Å². The number of anilines is 1. The number of hydrogen-bond acceptors (Lipinski definition) is 5. The Labute approximate surface area is 159 Å². The van der Waals surface area contributed by atoms with Gasteiger partial charge in [0.25, 0.3) is 5.56 Å². The van der Waals surface area contributed by atoms with E-state index in [0.717, 1.165) is 31.2 Å². The summed E-state index contributed by atoms with van der Waals surface area (Å²) in [5.41, 5.74) is 1.92. The van der Waals surface area contributed by atoms with Gasteiger partial charge >= 0.3 is 5.97 Å². The standard InChI is InChI=1S/C21H27N3O3/c1-3-27-21(26)20-17(22-16-11-6-4-5-7-12-16)14-19(25)24(23-20)18-13-9-8-10-15(18)2/h8-10,13-14,16,22H,3-7,11-12H2,1-2H3. The molecular weight excluding hydrogens is 342 g/mol. The Morgan fingerprint density at radius 2 is 1.93 bits per heavy atom. The number of aryl methyl sites for hydroxylation is 1. The van der Waals surface area contributed by atoms with E-state index in [1.54, 1.807) is 6.92 Å². The van der Waals surface area contributed by atoms with E-state index >= 15 is 0 Å². The number of carbonyl (C=O) groups is 1. The third-order valence-corrected chi connectivity index (χ3v) is 4.96. The maximum absolute atomic E-state index is 12.7. The second kappa shape index (κ2) is 8.84. The molecule has 1 aromatic carbocycles. The summed E-state index contributed by atoms with van der Waals surface area (Å²) in [5.74, 6) is -0.518. The van der Waals surface area contributed by atoms with Gasteiger partial charge in [-0.25, -0.2) is 4.79 Å². The molecule has 2 aromatic rings. The number of para-hydroxylation sites is 1. The highest BCUT2D eigenvalue weighted by Crippen LogP contribution is 2.23. The lowest BCUT2D eigenvalue weighted by Crippen LogP contribution is -2.28. The fraction of sp³-hybridized carbons (Fsp3) is 0.476. The summed E-state index contributed by atoms with van der Waals surface area (Å²) >= 11 is 0. The number of nitrogens with one attached hydrogen (secondary N) is 1. The van der Waals surface area contributed by atoms with Gasteiger partial charge in [-0.2, -0.15) is 9.78 Å². The van der Waals surface area contributed by atoms with E-state index in [0.29, 0.717) is 11.4 Å². The molecule has 0 radical (unpaired) electrons. The maximum Gasteiger partial charge on any atom is 0.360 e. The summed E-state index contributed by atoms with van der Waals surface area (Å²) in [6.07, 6.45) is 6.83. The summed E-state index contributed by atoms with van der Waals surface area (Å²) in [6, 6.07) is 9.19. The molecule has 1 heterocycles. The SMILES string of the molecule is CCOC(=O)c1nn(-c2ccccc2C)c(=O)cc1NC1CCCCCC1. The number of nitrogens with zero attached hydrogens (tertiary/aromatic N) is 2. The highest BCUT2D eigenvalue weighted by atomic mass is 16.5. The minimum absolute atomic E-state index is 0.156. The van der Waals surface area contributed by atoms with Crippen LogP contribution in [0, 0.1) is 6.92 Å². The van der Waals surface area contributed by atoms with Crippen LogP contribution < -0.4 is 10.9 Å². The summed E-state index contributed by atoms with van der Waals surface area (Å²) in [4.78, 5) is 25.3. The zero-order chi connectivity index (χ0) is 19.2. The summed E-state index contributed by atoms with van der Waals surface area (Å²) in [5, 5.41) is 7.76. The van der Waals surface area contributed by atoms with Gasteiger partial charge in [0.2, 0.25) is 0 Å². The first-order valence-corrected chi connectivity index (χ1v) is 9.74. The zero-order valence-electron chi connectivity index (χ0n) is 16.0. The second-order valence-corrected chi connectivity index (χ2v) is 7.00. The van der Waals surface area contributed by atoms with Gasteiger partial charge in [-0.05, 0) is 38.3 Å². The van der Waals surface area contributed by atoms with Crippen molar-refractivity contribution < 1.29 is 9.53 Å². The molecule has 0 saturated heterocycles. The molecule has 1 saturated carbocycles. The van der Waals surface area contributed by atoms with Crippen molar-refractivity contribution in [1.29, 1.82) is 0 Å². The molecule has 1 aliphatic rings. The number of aromatic nitrogens is 2. The third kappa shape index (κ3) is 4.56. The van der Waals surface area contributed by atoms with Gasteiger partial charge in [-0.15, -0.1) is 0 Å². The molecule has 6 nitrogen and oxygen atoms in total. The molecule has 1 N–H and O–H groups in total. The van der Waals surface area contributed by atoms with Crippen molar-refractivity contribution in [3.05, 3.63) is 51.9 Å². The largest absolute Gasteiger partial charge is 0.461 e. The quantitative estimate of drug-likeness (QED) is 0.640. The molecule has 27 heavy (non-hydrogen) atoms. The fourth-order valence-corrected chi connectivity index (χ4v) is 3.53. The molecule has 0 bridgehead atoms. The lowest BCUT2D eigenvalue weighted by atomic mass is 10.1. The van der Waals surface area contributed by atoms with Crippen LogP contribution in [0.5, 0.6) is 0 Å². The van der Waals surface area contributed by atoms with Gasteiger partial charge < -0.3 is 10.1 Å². The van der Waals surface area contributed by atoms with Crippen molar-refractivity contribution in [3.8, 4) is 5.69 Å². The first-order valence-electron chi connectivity index (χ1n) is 9.74. The second-order valence-electron chi connectivity index (χ2n) is 7.00. The molecule has 1 aliphatic carbocycles.